The molecular formula is C20H20N2O3. The van der Waals surface area contributed by atoms with Crippen LogP contribution >= 0.6 is 0 Å². The molecule has 0 bridgehead atoms. The van der Waals surface area contributed by atoms with Gasteiger partial charge in [0, 0.05) is 13.1 Å². The third-order valence-electron chi connectivity index (χ3n) is 4.12. The topological polar surface area (TPSA) is 66.6 Å². The van der Waals surface area contributed by atoms with Gasteiger partial charge >= 0.3 is 0 Å². The molecule has 0 aliphatic rings. The quantitative estimate of drug-likeness (QED) is 0.778. The lowest BCUT2D eigenvalue weighted by Crippen LogP contribution is -2.46. The van der Waals surface area contributed by atoms with Crippen molar-refractivity contribution in [1.82, 2.24) is 10.1 Å². The van der Waals surface area contributed by atoms with Crippen molar-refractivity contribution in [2.24, 2.45) is 0 Å². The summed E-state index contributed by atoms with van der Waals surface area (Å²) in [6.45, 7) is 2.04. The number of amides is 1. The molecule has 0 unspecified atom stereocenters. The highest BCUT2D eigenvalue weighted by Gasteiger charge is 2.41. The molecule has 128 valence electrons. The zero-order valence-electron chi connectivity index (χ0n) is 14.2. The number of likely N-dealkylation sites (N-methyl/N-ethyl adjacent to an activating group) is 1. The Kier molecular flexibility index (Phi) is 4.67. The standard InChI is InChI=1S/C20H20N2O3/c1-15-13-18(21-25-15)14-22(2)19(23)20(24,16-9-5-3-6-10-16)17-11-7-4-8-12-17/h3-13,24H,14H2,1-2H3. The Balaban J connectivity index is 1.98. The third-order valence-corrected chi connectivity index (χ3v) is 4.12. The summed E-state index contributed by atoms with van der Waals surface area (Å²) in [5, 5.41) is 15.4. The summed E-state index contributed by atoms with van der Waals surface area (Å²) in [4.78, 5) is 14.7. The van der Waals surface area contributed by atoms with E-state index < -0.39 is 11.5 Å². The molecule has 5 heteroatoms. The van der Waals surface area contributed by atoms with Crippen LogP contribution in [0.3, 0.4) is 0 Å². The summed E-state index contributed by atoms with van der Waals surface area (Å²) in [7, 11) is 1.64. The Morgan fingerprint density at radius 1 is 1.08 bits per heavy atom. The second-order valence-electron chi connectivity index (χ2n) is 6.03. The van der Waals surface area contributed by atoms with Crippen LogP contribution in [-0.4, -0.2) is 28.1 Å². The Morgan fingerprint density at radius 2 is 1.60 bits per heavy atom. The van der Waals surface area contributed by atoms with Gasteiger partial charge in [-0.05, 0) is 18.1 Å². The molecule has 1 heterocycles. The number of hydrogen-bond donors (Lipinski definition) is 1. The van der Waals surface area contributed by atoms with Crippen LogP contribution in [0.25, 0.3) is 0 Å². The molecule has 0 aliphatic carbocycles. The minimum absolute atomic E-state index is 0.248. The van der Waals surface area contributed by atoms with Gasteiger partial charge in [-0.2, -0.15) is 0 Å². The van der Waals surface area contributed by atoms with E-state index in [-0.39, 0.29) is 6.54 Å². The summed E-state index contributed by atoms with van der Waals surface area (Å²) in [5.41, 5.74) is -0.0867. The van der Waals surface area contributed by atoms with Crippen LogP contribution in [0.5, 0.6) is 0 Å². The van der Waals surface area contributed by atoms with E-state index in [1.807, 2.05) is 12.1 Å². The van der Waals surface area contributed by atoms with Crippen LogP contribution in [0.15, 0.2) is 71.3 Å². The average molecular weight is 336 g/mol. The molecule has 1 amide bonds. The molecule has 3 aromatic rings. The van der Waals surface area contributed by atoms with Crippen molar-refractivity contribution >= 4 is 5.91 Å². The minimum atomic E-state index is -1.77. The highest BCUT2D eigenvalue weighted by atomic mass is 16.5. The Bertz CT molecular complexity index is 804. The monoisotopic (exact) mass is 336 g/mol. The number of aryl methyl sites for hydroxylation is 1. The molecule has 5 nitrogen and oxygen atoms in total. The maximum absolute atomic E-state index is 13.2. The molecule has 0 fully saturated rings. The summed E-state index contributed by atoms with van der Waals surface area (Å²) < 4.78 is 5.05. The third kappa shape index (κ3) is 3.32. The number of rotatable bonds is 5. The van der Waals surface area contributed by atoms with E-state index in [4.69, 9.17) is 4.52 Å². The summed E-state index contributed by atoms with van der Waals surface area (Å²) in [6.07, 6.45) is 0. The summed E-state index contributed by atoms with van der Waals surface area (Å²) in [5.74, 6) is 0.253. The molecule has 0 saturated heterocycles. The Hall–Kier alpha value is -2.92. The fourth-order valence-electron chi connectivity index (χ4n) is 2.86. The molecule has 0 aliphatic heterocycles. The van der Waals surface area contributed by atoms with Gasteiger partial charge in [-0.1, -0.05) is 65.8 Å². The minimum Gasteiger partial charge on any atom is -0.372 e. The summed E-state index contributed by atoms with van der Waals surface area (Å²) in [6, 6.07) is 19.7. The number of hydrogen-bond acceptors (Lipinski definition) is 4. The van der Waals surface area contributed by atoms with E-state index in [1.165, 1.54) is 4.90 Å². The first-order valence-corrected chi connectivity index (χ1v) is 8.03. The lowest BCUT2D eigenvalue weighted by atomic mass is 9.85. The number of aliphatic hydroxyl groups is 1. The highest BCUT2D eigenvalue weighted by Crippen LogP contribution is 2.31. The molecule has 0 radical (unpaired) electrons. The van der Waals surface area contributed by atoms with Crippen molar-refractivity contribution in [3.05, 3.63) is 89.3 Å². The number of carbonyl (C=O) groups excluding carboxylic acids is 1. The van der Waals surface area contributed by atoms with Gasteiger partial charge in [0.15, 0.2) is 5.60 Å². The van der Waals surface area contributed by atoms with Gasteiger partial charge in [-0.15, -0.1) is 0 Å². The predicted octanol–water partition coefficient (Wildman–Crippen LogP) is 2.88. The Labute approximate surface area is 146 Å². The van der Waals surface area contributed by atoms with E-state index in [2.05, 4.69) is 5.16 Å². The zero-order valence-corrected chi connectivity index (χ0v) is 14.2. The maximum Gasteiger partial charge on any atom is 0.264 e. The maximum atomic E-state index is 13.2. The fourth-order valence-corrected chi connectivity index (χ4v) is 2.86. The van der Waals surface area contributed by atoms with Gasteiger partial charge in [-0.3, -0.25) is 4.79 Å². The van der Waals surface area contributed by atoms with Crippen molar-refractivity contribution in [2.45, 2.75) is 19.1 Å². The smallest absolute Gasteiger partial charge is 0.264 e. The fraction of sp³-hybridized carbons (Fsp3) is 0.200. The molecule has 1 N–H and O–H groups in total. The van der Waals surface area contributed by atoms with Crippen molar-refractivity contribution in [3.8, 4) is 0 Å². The normalized spacial score (nSPS) is 11.3. The summed E-state index contributed by atoms with van der Waals surface area (Å²) >= 11 is 0. The van der Waals surface area contributed by atoms with Gasteiger partial charge in [0.1, 0.15) is 11.5 Å². The second-order valence-corrected chi connectivity index (χ2v) is 6.03. The van der Waals surface area contributed by atoms with Gasteiger partial charge < -0.3 is 14.5 Å². The van der Waals surface area contributed by atoms with Crippen LogP contribution < -0.4 is 0 Å². The molecule has 0 saturated carbocycles. The number of nitrogens with zero attached hydrogens (tertiary/aromatic N) is 2. The van der Waals surface area contributed by atoms with Crippen LogP contribution in [0, 0.1) is 6.92 Å². The zero-order chi connectivity index (χ0) is 17.9. The van der Waals surface area contributed by atoms with E-state index >= 15 is 0 Å². The second kappa shape index (κ2) is 6.91. The molecule has 2 aromatic carbocycles. The van der Waals surface area contributed by atoms with E-state index in [0.29, 0.717) is 22.6 Å². The molecule has 3 rings (SSSR count). The van der Waals surface area contributed by atoms with Crippen LogP contribution in [0.4, 0.5) is 0 Å². The first-order chi connectivity index (χ1) is 12.0. The van der Waals surface area contributed by atoms with Gasteiger partial charge in [0.2, 0.25) is 0 Å². The molecule has 0 spiro atoms. The number of benzene rings is 2. The molecule has 0 atom stereocenters. The lowest BCUT2D eigenvalue weighted by molar-refractivity contribution is -0.147. The molecule has 1 aromatic heterocycles. The first kappa shape index (κ1) is 16.9. The van der Waals surface area contributed by atoms with Crippen LogP contribution in [-0.2, 0) is 16.9 Å². The lowest BCUT2D eigenvalue weighted by Gasteiger charge is -2.32. The Morgan fingerprint density at radius 3 is 2.04 bits per heavy atom. The van der Waals surface area contributed by atoms with Crippen molar-refractivity contribution in [1.29, 1.82) is 0 Å². The average Bonchev–Trinajstić information content (AvgIpc) is 3.06. The van der Waals surface area contributed by atoms with Crippen molar-refractivity contribution < 1.29 is 14.4 Å². The molecular weight excluding hydrogens is 316 g/mol. The van der Waals surface area contributed by atoms with Crippen molar-refractivity contribution in [2.75, 3.05) is 7.05 Å². The largest absolute Gasteiger partial charge is 0.372 e. The number of carbonyl (C=O) groups is 1. The number of aromatic nitrogens is 1. The van der Waals surface area contributed by atoms with Crippen LogP contribution in [0.2, 0.25) is 0 Å². The SMILES string of the molecule is Cc1cc(CN(C)C(=O)C(O)(c2ccccc2)c2ccccc2)no1. The highest BCUT2D eigenvalue weighted by molar-refractivity contribution is 5.89. The molecule has 25 heavy (non-hydrogen) atoms. The van der Waals surface area contributed by atoms with Gasteiger partial charge in [0.05, 0.1) is 6.54 Å². The van der Waals surface area contributed by atoms with Gasteiger partial charge in [-0.25, -0.2) is 0 Å². The van der Waals surface area contributed by atoms with E-state index in [0.717, 1.165) is 0 Å². The first-order valence-electron chi connectivity index (χ1n) is 8.03. The van der Waals surface area contributed by atoms with Crippen LogP contribution in [0.1, 0.15) is 22.6 Å². The predicted molar refractivity (Wildman–Crippen MR) is 93.6 cm³/mol. The van der Waals surface area contributed by atoms with Gasteiger partial charge in [0.25, 0.3) is 5.91 Å². The van der Waals surface area contributed by atoms with Crippen molar-refractivity contribution in [3.63, 3.8) is 0 Å². The van der Waals surface area contributed by atoms with E-state index in [1.54, 1.807) is 68.6 Å². The van der Waals surface area contributed by atoms with E-state index in [9.17, 15) is 9.90 Å².